The summed E-state index contributed by atoms with van der Waals surface area (Å²) in [5.74, 6) is -3.46. The fourth-order valence-corrected chi connectivity index (χ4v) is 1.07. The normalized spacial score (nSPS) is 8.26. The van der Waals surface area contributed by atoms with Crippen molar-refractivity contribution in [2.24, 2.45) is 0 Å². The number of ketones is 4. The number of esters is 2. The molecule has 1 radical (unpaired) electrons. The summed E-state index contributed by atoms with van der Waals surface area (Å²) in [5.41, 5.74) is 0. The largest absolute Gasteiger partial charge is 2.00 e. The zero-order valence-corrected chi connectivity index (χ0v) is 14.5. The maximum Gasteiger partial charge on any atom is 2.00 e. The number of hydrogen-bond acceptors (Lipinski definition) is 8. The van der Waals surface area contributed by atoms with Gasteiger partial charge in [0.1, 0.15) is 0 Å². The van der Waals surface area contributed by atoms with Crippen molar-refractivity contribution in [2.45, 2.75) is 41.5 Å². The van der Waals surface area contributed by atoms with Gasteiger partial charge in [-0.3, -0.25) is 9.59 Å². The van der Waals surface area contributed by atoms with Crippen LogP contribution in [0.25, 0.3) is 0 Å². The zero-order chi connectivity index (χ0) is 18.0. The molecule has 8 nitrogen and oxygen atoms in total. The monoisotopic (exact) mass is 377 g/mol. The molecule has 0 atom stereocenters. The van der Waals surface area contributed by atoms with Crippen molar-refractivity contribution in [1.29, 1.82) is 0 Å². The van der Waals surface area contributed by atoms with Gasteiger partial charge in [0.05, 0.1) is 0 Å². The number of rotatable bonds is 6. The minimum atomic E-state index is -0.662. The first-order valence-electron chi connectivity index (χ1n) is 6.04. The fourth-order valence-electron chi connectivity index (χ4n) is 1.07. The number of hydrogen-bond donors (Lipinski definition) is 0. The number of carbonyl (C=O) groups excluding carboxylic acids is 6. The average Bonchev–Trinajstić information content (AvgIpc) is 2.32. The first-order valence-corrected chi connectivity index (χ1v) is 6.04. The van der Waals surface area contributed by atoms with Gasteiger partial charge in [0.25, 0.3) is 11.9 Å². The second kappa shape index (κ2) is 12.4. The third kappa shape index (κ3) is 13.3. The van der Waals surface area contributed by atoms with Crippen molar-refractivity contribution in [3.8, 4) is 0 Å². The minimum absolute atomic E-state index is 0. The molecule has 0 fully saturated rings. The molecule has 0 aliphatic carbocycles. The van der Waals surface area contributed by atoms with Crippen LogP contribution in [0.4, 0.5) is 0 Å². The molecule has 0 N–H and O–H groups in total. The van der Waals surface area contributed by atoms with Crippen LogP contribution in [0.15, 0.2) is 0 Å². The molecule has 0 aromatic carbocycles. The van der Waals surface area contributed by atoms with Gasteiger partial charge in [0, 0.05) is 37.0 Å². The summed E-state index contributed by atoms with van der Waals surface area (Å²) in [4.78, 5) is 63.0. The van der Waals surface area contributed by atoms with Gasteiger partial charge in [-0.15, -0.1) is 0 Å². The zero-order valence-electron chi connectivity index (χ0n) is 13.6. The SMILES string of the molecule is CC(=O)O[C-](C(C)=O)C(C)=O.CC(=O)O[C-](C(C)=O)C(C)=O.[Cu+2]. The summed E-state index contributed by atoms with van der Waals surface area (Å²) < 4.78 is 8.70. The Hall–Kier alpha value is -2.12. The molecule has 0 unspecified atom stereocenters. The molecule has 0 aliphatic heterocycles. The van der Waals surface area contributed by atoms with Crippen LogP contribution in [0.5, 0.6) is 0 Å². The molecular weight excluding hydrogens is 360 g/mol. The second-order valence-electron chi connectivity index (χ2n) is 4.07. The maximum atomic E-state index is 10.6. The van der Waals surface area contributed by atoms with E-state index in [9.17, 15) is 28.8 Å². The van der Waals surface area contributed by atoms with E-state index in [0.29, 0.717) is 0 Å². The van der Waals surface area contributed by atoms with E-state index in [0.717, 1.165) is 13.8 Å². The third-order valence-electron chi connectivity index (χ3n) is 1.77. The van der Waals surface area contributed by atoms with Crippen LogP contribution in [0.1, 0.15) is 41.5 Å². The minimum Gasteiger partial charge on any atom is -0.601 e. The number of carbonyl (C=O) groups is 6. The summed E-state index contributed by atoms with van der Waals surface area (Å²) in [6.45, 7) is 6.93. The molecule has 0 bridgehead atoms. The molecule has 0 saturated heterocycles. The molecule has 0 amide bonds. The number of ether oxygens (including phenoxy) is 2. The quantitative estimate of drug-likeness (QED) is 0.284. The van der Waals surface area contributed by atoms with Crippen LogP contribution in [-0.2, 0) is 55.3 Å². The van der Waals surface area contributed by atoms with Crippen LogP contribution < -0.4 is 0 Å². The standard InChI is InChI=1S/2C7H9O4.Cu/c2*1-4(8)7(5(2)9)11-6(3)10;/h2*1-3H3;/q2*-1;+2. The summed E-state index contributed by atoms with van der Waals surface area (Å²) in [7, 11) is 0. The van der Waals surface area contributed by atoms with Crippen LogP contribution in [0.3, 0.4) is 0 Å². The van der Waals surface area contributed by atoms with Crippen molar-refractivity contribution in [3.63, 3.8) is 0 Å². The molecular formula is C14H18CuO8. The van der Waals surface area contributed by atoms with E-state index in [2.05, 4.69) is 9.47 Å². The Morgan fingerprint density at radius 1 is 0.522 bits per heavy atom. The molecule has 23 heavy (non-hydrogen) atoms. The predicted molar refractivity (Wildman–Crippen MR) is 72.7 cm³/mol. The van der Waals surface area contributed by atoms with Crippen LogP contribution in [-0.4, -0.2) is 35.1 Å². The molecule has 0 saturated carbocycles. The van der Waals surface area contributed by atoms with Crippen molar-refractivity contribution < 1.29 is 55.3 Å². The number of Topliss-reactive ketones (excluding diaryl/α,β-unsaturated/α-hetero) is 4. The Morgan fingerprint density at radius 3 is 0.739 bits per heavy atom. The van der Waals surface area contributed by atoms with Gasteiger partial charge in [0.15, 0.2) is 0 Å². The van der Waals surface area contributed by atoms with E-state index in [1.807, 2.05) is 0 Å². The van der Waals surface area contributed by atoms with Gasteiger partial charge < -0.3 is 28.7 Å². The molecule has 9 heteroatoms. The maximum absolute atomic E-state index is 10.6. The molecule has 0 aromatic heterocycles. The smallest absolute Gasteiger partial charge is 0.601 e. The van der Waals surface area contributed by atoms with Crippen LogP contribution in [0.2, 0.25) is 0 Å². The van der Waals surface area contributed by atoms with Gasteiger partial charge in [0.2, 0.25) is 0 Å². The van der Waals surface area contributed by atoms with E-state index in [4.69, 9.17) is 0 Å². The van der Waals surface area contributed by atoms with Crippen molar-refractivity contribution in [2.75, 3.05) is 0 Å². The summed E-state index contributed by atoms with van der Waals surface area (Å²) >= 11 is 0. The molecule has 0 rings (SSSR count). The van der Waals surface area contributed by atoms with Gasteiger partial charge in [-0.25, -0.2) is 0 Å². The molecule has 0 heterocycles. The summed E-state index contributed by atoms with van der Waals surface area (Å²) in [5, 5.41) is 0. The first-order chi connectivity index (χ1) is 9.89. The third-order valence-corrected chi connectivity index (χ3v) is 1.77. The topological polar surface area (TPSA) is 121 Å². The van der Waals surface area contributed by atoms with Crippen molar-refractivity contribution >= 4 is 35.1 Å². The summed E-state index contributed by atoms with van der Waals surface area (Å²) in [6.07, 6.45) is -0.810. The van der Waals surface area contributed by atoms with E-state index >= 15 is 0 Å². The first kappa shape index (κ1) is 25.8. The van der Waals surface area contributed by atoms with Gasteiger partial charge >= 0.3 is 17.1 Å². The van der Waals surface area contributed by atoms with Gasteiger partial charge in [-0.2, -0.15) is 0 Å². The fraction of sp³-hybridized carbons (Fsp3) is 0.429. The van der Waals surface area contributed by atoms with Gasteiger partial charge in [-0.1, -0.05) is 12.2 Å². The van der Waals surface area contributed by atoms with Crippen LogP contribution in [0, 0.1) is 12.2 Å². The average molecular weight is 378 g/mol. The van der Waals surface area contributed by atoms with E-state index in [-0.39, 0.29) is 17.1 Å². The Balaban J connectivity index is -0.000000333. The van der Waals surface area contributed by atoms with Crippen molar-refractivity contribution in [1.82, 2.24) is 0 Å². The Kier molecular flexibility index (Phi) is 13.9. The van der Waals surface area contributed by atoms with E-state index in [1.165, 1.54) is 27.7 Å². The molecule has 0 spiro atoms. The molecule has 133 valence electrons. The Morgan fingerprint density at radius 2 is 0.696 bits per heavy atom. The van der Waals surface area contributed by atoms with E-state index in [1.54, 1.807) is 0 Å². The summed E-state index contributed by atoms with van der Waals surface area (Å²) in [6, 6.07) is 0. The predicted octanol–water partition coefficient (Wildman–Crippen LogP) is 0.516. The van der Waals surface area contributed by atoms with Crippen LogP contribution >= 0.6 is 0 Å². The van der Waals surface area contributed by atoms with Crippen molar-refractivity contribution in [3.05, 3.63) is 12.2 Å². The molecule has 0 aromatic rings. The Bertz CT molecular complexity index is 411. The van der Waals surface area contributed by atoms with Gasteiger partial charge in [-0.05, 0) is 27.7 Å². The molecule has 0 aliphatic rings. The van der Waals surface area contributed by atoms with E-state index < -0.39 is 47.3 Å². The second-order valence-corrected chi connectivity index (χ2v) is 4.07. The Labute approximate surface area is 144 Å².